The molecule has 1 aromatic carbocycles. The lowest BCUT2D eigenvalue weighted by molar-refractivity contribution is -0.133. The molecular formula is C25H33N5O2. The maximum Gasteiger partial charge on any atom is 0.257 e. The van der Waals surface area contributed by atoms with Crippen LogP contribution in [-0.4, -0.2) is 90.4 Å². The summed E-state index contributed by atoms with van der Waals surface area (Å²) in [6.07, 6.45) is 5.76. The molecule has 0 radical (unpaired) electrons. The Morgan fingerprint density at radius 2 is 1.47 bits per heavy atom. The van der Waals surface area contributed by atoms with E-state index in [1.165, 1.54) is 6.42 Å². The fourth-order valence-corrected chi connectivity index (χ4v) is 5.15. The summed E-state index contributed by atoms with van der Waals surface area (Å²) in [5, 5.41) is 1.00. The zero-order valence-corrected chi connectivity index (χ0v) is 18.8. The van der Waals surface area contributed by atoms with E-state index in [9.17, 15) is 9.59 Å². The molecule has 0 bridgehead atoms. The quantitative estimate of drug-likeness (QED) is 0.739. The largest absolute Gasteiger partial charge is 0.356 e. The predicted octanol–water partition coefficient (Wildman–Crippen LogP) is 2.61. The number of hydrogen-bond donors (Lipinski definition) is 0. The van der Waals surface area contributed by atoms with Crippen molar-refractivity contribution in [2.24, 2.45) is 0 Å². The highest BCUT2D eigenvalue weighted by molar-refractivity contribution is 6.02. The Bertz CT molecular complexity index is 973. The van der Waals surface area contributed by atoms with Gasteiger partial charge in [0, 0.05) is 57.7 Å². The molecule has 4 heterocycles. The first-order valence-electron chi connectivity index (χ1n) is 12.1. The molecule has 2 aromatic rings. The number of carbonyl (C=O) groups is 2. The molecule has 7 nitrogen and oxygen atoms in total. The number of benzene rings is 1. The minimum atomic E-state index is 0.0622. The van der Waals surface area contributed by atoms with E-state index in [1.54, 1.807) is 0 Å². The van der Waals surface area contributed by atoms with Crippen molar-refractivity contribution in [1.82, 2.24) is 19.7 Å². The highest BCUT2D eigenvalue weighted by Crippen LogP contribution is 2.28. The molecule has 3 fully saturated rings. The van der Waals surface area contributed by atoms with Crippen LogP contribution < -0.4 is 4.90 Å². The second-order valence-corrected chi connectivity index (χ2v) is 9.26. The topological polar surface area (TPSA) is 60.0 Å². The highest BCUT2D eigenvalue weighted by Gasteiger charge is 2.29. The van der Waals surface area contributed by atoms with Crippen LogP contribution >= 0.6 is 0 Å². The fourth-order valence-electron chi connectivity index (χ4n) is 5.15. The molecule has 5 rings (SSSR count). The van der Waals surface area contributed by atoms with Crippen LogP contribution in [0.1, 0.15) is 42.5 Å². The Balaban J connectivity index is 1.27. The zero-order valence-electron chi connectivity index (χ0n) is 18.8. The third kappa shape index (κ3) is 4.44. The minimum absolute atomic E-state index is 0.0622. The number of hydrogen-bond acceptors (Lipinski definition) is 5. The van der Waals surface area contributed by atoms with Crippen LogP contribution in [0.3, 0.4) is 0 Å². The molecule has 170 valence electrons. The fraction of sp³-hybridized carbons (Fsp3) is 0.560. The van der Waals surface area contributed by atoms with E-state index in [-0.39, 0.29) is 11.8 Å². The number of para-hydroxylation sites is 1. The number of amides is 2. The van der Waals surface area contributed by atoms with Crippen LogP contribution in [-0.2, 0) is 4.79 Å². The molecular weight excluding hydrogens is 402 g/mol. The van der Waals surface area contributed by atoms with Crippen molar-refractivity contribution in [3.63, 3.8) is 0 Å². The van der Waals surface area contributed by atoms with Gasteiger partial charge in [-0.3, -0.25) is 14.5 Å². The predicted molar refractivity (Wildman–Crippen MR) is 126 cm³/mol. The van der Waals surface area contributed by atoms with Gasteiger partial charge in [0.1, 0.15) is 5.82 Å². The molecule has 7 heteroatoms. The van der Waals surface area contributed by atoms with Gasteiger partial charge in [-0.1, -0.05) is 18.2 Å². The first kappa shape index (κ1) is 21.2. The summed E-state index contributed by atoms with van der Waals surface area (Å²) in [5.74, 6) is 1.13. The number of anilines is 1. The first-order valence-corrected chi connectivity index (χ1v) is 12.1. The summed E-state index contributed by atoms with van der Waals surface area (Å²) in [6.45, 7) is 6.96. The smallest absolute Gasteiger partial charge is 0.257 e. The van der Waals surface area contributed by atoms with Crippen LogP contribution in [0, 0.1) is 0 Å². The monoisotopic (exact) mass is 435 g/mol. The summed E-state index contributed by atoms with van der Waals surface area (Å²) in [6, 6.07) is 10.0. The van der Waals surface area contributed by atoms with Gasteiger partial charge >= 0.3 is 0 Å². The molecule has 0 unspecified atom stereocenters. The van der Waals surface area contributed by atoms with E-state index in [1.807, 2.05) is 40.1 Å². The molecule has 2 amide bonds. The second kappa shape index (κ2) is 9.45. The summed E-state index contributed by atoms with van der Waals surface area (Å²) >= 11 is 0. The minimum Gasteiger partial charge on any atom is -0.356 e. The summed E-state index contributed by atoms with van der Waals surface area (Å²) in [7, 11) is 0. The second-order valence-electron chi connectivity index (χ2n) is 9.26. The Hall–Kier alpha value is -2.67. The van der Waals surface area contributed by atoms with Gasteiger partial charge in [-0.05, 0) is 44.2 Å². The molecule has 32 heavy (non-hydrogen) atoms. The van der Waals surface area contributed by atoms with E-state index in [4.69, 9.17) is 4.98 Å². The van der Waals surface area contributed by atoms with Crippen LogP contribution in [0.15, 0.2) is 30.3 Å². The van der Waals surface area contributed by atoms with Crippen LogP contribution in [0.4, 0.5) is 5.82 Å². The number of likely N-dealkylation sites (tertiary alicyclic amines) is 1. The SMILES string of the molecule is O=C(CN1CCN(C(=O)c2cc3ccccc3nc2N2CCCC2)CC1)N1CCCCC1. The van der Waals surface area contributed by atoms with Gasteiger partial charge in [0.05, 0.1) is 17.6 Å². The number of aromatic nitrogens is 1. The summed E-state index contributed by atoms with van der Waals surface area (Å²) in [4.78, 5) is 39.5. The van der Waals surface area contributed by atoms with Crippen molar-refractivity contribution in [2.75, 3.05) is 63.8 Å². The Kier molecular flexibility index (Phi) is 6.26. The van der Waals surface area contributed by atoms with Crippen LogP contribution in [0.25, 0.3) is 10.9 Å². The van der Waals surface area contributed by atoms with Crippen molar-refractivity contribution in [3.8, 4) is 0 Å². The number of rotatable bonds is 4. The number of piperazine rings is 1. The molecule has 0 N–H and O–H groups in total. The van der Waals surface area contributed by atoms with Gasteiger partial charge in [0.25, 0.3) is 5.91 Å². The first-order chi connectivity index (χ1) is 15.7. The van der Waals surface area contributed by atoms with Gasteiger partial charge < -0.3 is 14.7 Å². The summed E-state index contributed by atoms with van der Waals surface area (Å²) < 4.78 is 0. The van der Waals surface area contributed by atoms with Gasteiger partial charge in [0.2, 0.25) is 5.91 Å². The Morgan fingerprint density at radius 3 is 2.22 bits per heavy atom. The maximum absolute atomic E-state index is 13.6. The van der Waals surface area contributed by atoms with Crippen molar-refractivity contribution < 1.29 is 9.59 Å². The van der Waals surface area contributed by atoms with E-state index in [2.05, 4.69) is 9.80 Å². The molecule has 0 aliphatic carbocycles. The average molecular weight is 436 g/mol. The number of piperidine rings is 1. The van der Waals surface area contributed by atoms with E-state index in [0.29, 0.717) is 25.2 Å². The van der Waals surface area contributed by atoms with E-state index >= 15 is 0 Å². The van der Waals surface area contributed by atoms with Gasteiger partial charge in [-0.2, -0.15) is 0 Å². The molecule has 3 saturated heterocycles. The highest BCUT2D eigenvalue weighted by atomic mass is 16.2. The van der Waals surface area contributed by atoms with Gasteiger partial charge in [0.15, 0.2) is 0 Å². The number of fused-ring (bicyclic) bond motifs is 1. The molecule has 1 aromatic heterocycles. The lowest BCUT2D eigenvalue weighted by Crippen LogP contribution is -2.52. The van der Waals surface area contributed by atoms with Crippen molar-refractivity contribution in [2.45, 2.75) is 32.1 Å². The number of carbonyl (C=O) groups excluding carboxylic acids is 2. The number of pyridine rings is 1. The van der Waals surface area contributed by atoms with Crippen LogP contribution in [0.2, 0.25) is 0 Å². The Morgan fingerprint density at radius 1 is 0.781 bits per heavy atom. The van der Waals surface area contributed by atoms with Gasteiger partial charge in [-0.15, -0.1) is 0 Å². The lowest BCUT2D eigenvalue weighted by atomic mass is 10.1. The van der Waals surface area contributed by atoms with Crippen LogP contribution in [0.5, 0.6) is 0 Å². The van der Waals surface area contributed by atoms with Gasteiger partial charge in [-0.25, -0.2) is 4.98 Å². The average Bonchev–Trinajstić information content (AvgIpc) is 3.39. The standard InChI is InChI=1S/C25H33N5O2/c31-23(28-10-4-1-5-11-28)19-27-14-16-30(17-15-27)25(32)21-18-20-8-2-3-9-22(20)26-24(21)29-12-6-7-13-29/h2-3,8-9,18H,1,4-7,10-17,19H2. The molecule has 0 saturated carbocycles. The molecule has 0 atom stereocenters. The molecule has 3 aliphatic rings. The van der Waals surface area contributed by atoms with Crippen molar-refractivity contribution in [3.05, 3.63) is 35.9 Å². The number of nitrogens with zero attached hydrogens (tertiary/aromatic N) is 5. The third-order valence-corrected chi connectivity index (χ3v) is 7.07. The third-order valence-electron chi connectivity index (χ3n) is 7.07. The molecule has 3 aliphatic heterocycles. The molecule has 0 spiro atoms. The summed E-state index contributed by atoms with van der Waals surface area (Å²) in [5.41, 5.74) is 1.65. The normalized spacial score (nSPS) is 20.2. The Labute approximate surface area is 190 Å². The van der Waals surface area contributed by atoms with E-state index in [0.717, 1.165) is 81.7 Å². The zero-order chi connectivity index (χ0) is 21.9. The van der Waals surface area contributed by atoms with Crippen molar-refractivity contribution >= 4 is 28.5 Å². The lowest BCUT2D eigenvalue weighted by Gasteiger charge is -2.36. The van der Waals surface area contributed by atoms with Crippen molar-refractivity contribution in [1.29, 1.82) is 0 Å². The van der Waals surface area contributed by atoms with E-state index < -0.39 is 0 Å². The maximum atomic E-state index is 13.6.